The molecular formula is C23H24ClFN6O3. The fourth-order valence-corrected chi connectivity index (χ4v) is 4.94. The predicted octanol–water partition coefficient (Wildman–Crippen LogP) is 2.90. The zero-order valence-corrected chi connectivity index (χ0v) is 19.8. The van der Waals surface area contributed by atoms with E-state index in [0.29, 0.717) is 28.8 Å². The summed E-state index contributed by atoms with van der Waals surface area (Å²) >= 11 is 6.16. The molecule has 1 aliphatic heterocycles. The molecule has 0 radical (unpaired) electrons. The third-order valence-electron chi connectivity index (χ3n) is 5.88. The summed E-state index contributed by atoms with van der Waals surface area (Å²) < 4.78 is 27.9. The Morgan fingerprint density at radius 2 is 1.88 bits per heavy atom. The van der Waals surface area contributed by atoms with Crippen LogP contribution in [-0.4, -0.2) is 61.5 Å². The Labute approximate surface area is 199 Å². The molecule has 0 N–H and O–H groups in total. The standard InChI is InChI=1S/C23H24ClFN6O3/c1-13-8-29(9-14(2)34-13)10-16-4-17-21(26-7-16)30(23(32)31-22(17)27-12-28-31)11-15-5-18(24)20(33-3)19(25)6-15/h4-7,12-14H,8-11H2,1-3H3. The van der Waals surface area contributed by atoms with E-state index in [1.54, 1.807) is 12.3 Å². The van der Waals surface area contributed by atoms with Gasteiger partial charge in [0.1, 0.15) is 12.0 Å². The number of aromatic nitrogens is 5. The Morgan fingerprint density at radius 1 is 1.12 bits per heavy atom. The fourth-order valence-electron chi connectivity index (χ4n) is 4.63. The molecule has 1 aliphatic rings. The first kappa shape index (κ1) is 22.7. The van der Waals surface area contributed by atoms with Crippen molar-refractivity contribution in [3.63, 3.8) is 0 Å². The minimum atomic E-state index is -0.603. The Morgan fingerprint density at radius 3 is 2.59 bits per heavy atom. The highest BCUT2D eigenvalue weighted by Gasteiger charge is 2.23. The van der Waals surface area contributed by atoms with Gasteiger partial charge in [-0.1, -0.05) is 11.6 Å². The topological polar surface area (TPSA) is 86.8 Å². The summed E-state index contributed by atoms with van der Waals surface area (Å²) in [5.41, 5.74) is 1.91. The molecule has 5 rings (SSSR count). The Balaban J connectivity index is 1.57. The van der Waals surface area contributed by atoms with E-state index in [-0.39, 0.29) is 29.5 Å². The fraction of sp³-hybridized carbons (Fsp3) is 0.391. The number of fused-ring (bicyclic) bond motifs is 3. The molecule has 1 aromatic carbocycles. The van der Waals surface area contributed by atoms with Crippen molar-refractivity contribution in [3.8, 4) is 5.75 Å². The molecule has 9 nitrogen and oxygen atoms in total. The van der Waals surface area contributed by atoms with E-state index in [1.165, 1.54) is 28.6 Å². The average Bonchev–Trinajstić information content (AvgIpc) is 3.26. The van der Waals surface area contributed by atoms with Crippen LogP contribution in [0.15, 0.2) is 35.5 Å². The van der Waals surface area contributed by atoms with Crippen molar-refractivity contribution in [2.75, 3.05) is 20.2 Å². The van der Waals surface area contributed by atoms with Gasteiger partial charge in [-0.2, -0.15) is 9.61 Å². The van der Waals surface area contributed by atoms with E-state index in [2.05, 4.69) is 33.8 Å². The van der Waals surface area contributed by atoms with Gasteiger partial charge < -0.3 is 9.47 Å². The number of benzene rings is 1. The first-order valence-electron chi connectivity index (χ1n) is 10.9. The van der Waals surface area contributed by atoms with Gasteiger partial charge in [-0.05, 0) is 43.2 Å². The van der Waals surface area contributed by atoms with E-state index < -0.39 is 11.5 Å². The predicted molar refractivity (Wildman–Crippen MR) is 125 cm³/mol. The van der Waals surface area contributed by atoms with E-state index in [9.17, 15) is 9.18 Å². The normalized spacial score (nSPS) is 19.2. The Kier molecular flexibility index (Phi) is 5.97. The molecule has 0 aliphatic carbocycles. The van der Waals surface area contributed by atoms with Crippen LogP contribution in [0.5, 0.6) is 5.75 Å². The van der Waals surface area contributed by atoms with Crippen molar-refractivity contribution in [1.82, 2.24) is 29.0 Å². The quantitative estimate of drug-likeness (QED) is 0.428. The van der Waals surface area contributed by atoms with Gasteiger partial charge in [-0.15, -0.1) is 0 Å². The van der Waals surface area contributed by atoms with Crippen molar-refractivity contribution in [3.05, 3.63) is 63.2 Å². The van der Waals surface area contributed by atoms with Crippen LogP contribution < -0.4 is 10.4 Å². The number of hydrogen-bond acceptors (Lipinski definition) is 7. The minimum Gasteiger partial charge on any atom is -0.492 e. The van der Waals surface area contributed by atoms with Gasteiger partial charge in [0.15, 0.2) is 17.2 Å². The number of nitrogens with zero attached hydrogens (tertiary/aromatic N) is 6. The first-order chi connectivity index (χ1) is 16.3. The van der Waals surface area contributed by atoms with Crippen molar-refractivity contribution >= 4 is 28.3 Å². The molecule has 4 aromatic rings. The van der Waals surface area contributed by atoms with Crippen LogP contribution in [0.4, 0.5) is 4.39 Å². The molecule has 0 spiro atoms. The summed E-state index contributed by atoms with van der Waals surface area (Å²) in [7, 11) is 1.35. The second kappa shape index (κ2) is 8.94. The molecule has 1 fully saturated rings. The number of rotatable bonds is 5. The maximum absolute atomic E-state index is 14.4. The van der Waals surface area contributed by atoms with Crippen molar-refractivity contribution in [2.24, 2.45) is 0 Å². The highest BCUT2D eigenvalue weighted by Crippen LogP contribution is 2.29. The van der Waals surface area contributed by atoms with Gasteiger partial charge in [0.2, 0.25) is 0 Å². The van der Waals surface area contributed by atoms with Gasteiger partial charge in [0, 0.05) is 25.8 Å². The Hall–Kier alpha value is -3.08. The molecule has 0 saturated carbocycles. The lowest BCUT2D eigenvalue weighted by Gasteiger charge is -2.35. The molecule has 1 saturated heterocycles. The monoisotopic (exact) mass is 486 g/mol. The first-order valence-corrected chi connectivity index (χ1v) is 11.3. The van der Waals surface area contributed by atoms with Crippen LogP contribution in [0, 0.1) is 5.82 Å². The van der Waals surface area contributed by atoms with E-state index >= 15 is 0 Å². The van der Waals surface area contributed by atoms with Crippen LogP contribution in [0.25, 0.3) is 16.7 Å². The van der Waals surface area contributed by atoms with Crippen molar-refractivity contribution < 1.29 is 13.9 Å². The SMILES string of the molecule is COc1c(F)cc(Cn2c(=O)n3ncnc3c3cc(CN4CC(C)OC(C)C4)cnc32)cc1Cl. The number of morpholine rings is 1. The minimum absolute atomic E-state index is 0.0381. The smallest absolute Gasteiger partial charge is 0.352 e. The molecule has 0 bridgehead atoms. The number of halogens is 2. The van der Waals surface area contributed by atoms with Gasteiger partial charge in [0.25, 0.3) is 0 Å². The van der Waals surface area contributed by atoms with Crippen molar-refractivity contribution in [2.45, 2.75) is 39.1 Å². The van der Waals surface area contributed by atoms with E-state index in [1.807, 2.05) is 6.07 Å². The highest BCUT2D eigenvalue weighted by atomic mass is 35.5. The summed E-state index contributed by atoms with van der Waals surface area (Å²) in [6.45, 7) is 6.52. The van der Waals surface area contributed by atoms with Crippen LogP contribution in [0.3, 0.4) is 0 Å². The highest BCUT2D eigenvalue weighted by molar-refractivity contribution is 6.32. The average molecular weight is 487 g/mol. The molecule has 2 atom stereocenters. The third kappa shape index (κ3) is 4.13. The maximum Gasteiger partial charge on any atom is 0.352 e. The summed E-state index contributed by atoms with van der Waals surface area (Å²) in [5, 5.41) is 4.91. The largest absolute Gasteiger partial charge is 0.492 e. The number of hydrogen-bond donors (Lipinski definition) is 0. The van der Waals surface area contributed by atoms with Crippen LogP contribution in [0.2, 0.25) is 5.02 Å². The molecule has 2 unspecified atom stereocenters. The zero-order valence-electron chi connectivity index (χ0n) is 19.0. The zero-order chi connectivity index (χ0) is 24.0. The molecule has 0 amide bonds. The van der Waals surface area contributed by atoms with Gasteiger partial charge in [0.05, 0.1) is 36.3 Å². The number of pyridine rings is 1. The van der Waals surface area contributed by atoms with Crippen LogP contribution >= 0.6 is 11.6 Å². The summed E-state index contributed by atoms with van der Waals surface area (Å²) in [5.74, 6) is -0.641. The number of ether oxygens (including phenoxy) is 2. The summed E-state index contributed by atoms with van der Waals surface area (Å²) in [4.78, 5) is 24.4. The molecule has 4 heterocycles. The molecule has 34 heavy (non-hydrogen) atoms. The molecule has 11 heteroatoms. The van der Waals surface area contributed by atoms with E-state index in [4.69, 9.17) is 21.1 Å². The van der Waals surface area contributed by atoms with Gasteiger partial charge >= 0.3 is 5.69 Å². The molecule has 3 aromatic heterocycles. The maximum atomic E-state index is 14.4. The third-order valence-corrected chi connectivity index (χ3v) is 6.16. The van der Waals surface area contributed by atoms with E-state index in [0.717, 1.165) is 18.7 Å². The van der Waals surface area contributed by atoms with Crippen molar-refractivity contribution in [1.29, 1.82) is 0 Å². The second-order valence-electron chi connectivity index (χ2n) is 8.62. The van der Waals surface area contributed by atoms with Gasteiger partial charge in [-0.3, -0.25) is 9.47 Å². The van der Waals surface area contributed by atoms with Gasteiger partial charge in [-0.25, -0.2) is 19.2 Å². The number of methoxy groups -OCH3 is 1. The van der Waals surface area contributed by atoms with Crippen LogP contribution in [-0.2, 0) is 17.8 Å². The summed E-state index contributed by atoms with van der Waals surface area (Å²) in [6.07, 6.45) is 3.41. The lowest BCUT2D eigenvalue weighted by atomic mass is 10.1. The van der Waals surface area contributed by atoms with Crippen LogP contribution in [0.1, 0.15) is 25.0 Å². The lowest BCUT2D eigenvalue weighted by Crippen LogP contribution is -2.44. The lowest BCUT2D eigenvalue weighted by molar-refractivity contribution is -0.0705. The second-order valence-corrected chi connectivity index (χ2v) is 9.03. The Bertz CT molecular complexity index is 1400. The molecule has 178 valence electrons. The molecular weight excluding hydrogens is 463 g/mol. The summed E-state index contributed by atoms with van der Waals surface area (Å²) in [6, 6.07) is 4.85.